The number of hydrogen-bond donors (Lipinski definition) is 0. The molecule has 0 N–H and O–H groups in total. The lowest BCUT2D eigenvalue weighted by atomic mass is 10.1. The summed E-state index contributed by atoms with van der Waals surface area (Å²) < 4.78 is 42.0. The second-order valence-corrected chi connectivity index (χ2v) is 10.6. The lowest BCUT2D eigenvalue weighted by Gasteiger charge is -2.10. The molecule has 0 radical (unpaired) electrons. The molecule has 0 fully saturated rings. The fourth-order valence-electron chi connectivity index (χ4n) is 5.52. The number of pyridine rings is 2. The lowest BCUT2D eigenvalue weighted by Crippen LogP contribution is -2.01. The second-order valence-electron chi connectivity index (χ2n) is 10.6. The molecule has 4 aromatic carbocycles. The van der Waals surface area contributed by atoms with Gasteiger partial charge in [-0.05, 0) is 72.8 Å². The van der Waals surface area contributed by atoms with E-state index >= 15 is 0 Å². The van der Waals surface area contributed by atoms with E-state index in [0.29, 0.717) is 40.3 Å². The molecule has 0 saturated heterocycles. The summed E-state index contributed by atoms with van der Waals surface area (Å²) in [4.78, 5) is 20.8. The topological polar surface area (TPSA) is 87.8 Å². The Morgan fingerprint density at radius 1 is 0.489 bits per heavy atom. The van der Waals surface area contributed by atoms with Crippen molar-refractivity contribution in [2.24, 2.45) is 0 Å². The molecule has 0 spiro atoms. The average Bonchev–Trinajstić information content (AvgIpc) is 3.41. The third-order valence-electron chi connectivity index (χ3n) is 7.55. The summed E-state index contributed by atoms with van der Waals surface area (Å²) in [5, 5.41) is 1.91. The van der Waals surface area contributed by atoms with E-state index in [4.69, 9.17) is 9.47 Å². The second kappa shape index (κ2) is 11.8. The van der Waals surface area contributed by atoms with Crippen LogP contribution in [0.25, 0.3) is 50.3 Å². The maximum atomic E-state index is 13.8. The van der Waals surface area contributed by atoms with Gasteiger partial charge in [-0.3, -0.25) is 4.57 Å². The van der Waals surface area contributed by atoms with Crippen LogP contribution < -0.4 is 9.47 Å². The first-order chi connectivity index (χ1) is 23.1. The van der Waals surface area contributed by atoms with Crippen molar-refractivity contribution in [2.45, 2.75) is 0 Å². The van der Waals surface area contributed by atoms with Crippen molar-refractivity contribution in [3.63, 3.8) is 0 Å². The number of nitrogens with zero attached hydrogens (tertiary/aromatic N) is 6. The van der Waals surface area contributed by atoms with Gasteiger partial charge >= 0.3 is 0 Å². The Bertz CT molecular complexity index is 2270. The molecule has 8 rings (SSSR count). The van der Waals surface area contributed by atoms with Gasteiger partial charge in [-0.25, -0.2) is 24.9 Å². The maximum absolute atomic E-state index is 13.8. The zero-order valence-electron chi connectivity index (χ0n) is 24.5. The molecular formula is C37H22F2N6O2. The van der Waals surface area contributed by atoms with Crippen molar-refractivity contribution >= 4 is 21.8 Å². The van der Waals surface area contributed by atoms with Crippen LogP contribution >= 0.6 is 0 Å². The molecule has 8 nitrogen and oxygen atoms in total. The lowest BCUT2D eigenvalue weighted by molar-refractivity contribution is 0.483. The molecule has 0 aliphatic heterocycles. The van der Waals surface area contributed by atoms with Gasteiger partial charge < -0.3 is 9.47 Å². The molecule has 0 bridgehead atoms. The smallest absolute Gasteiger partial charge is 0.237 e. The number of aromatic nitrogens is 6. The van der Waals surface area contributed by atoms with E-state index in [2.05, 4.69) is 24.9 Å². The Morgan fingerprint density at radius 2 is 0.957 bits per heavy atom. The van der Waals surface area contributed by atoms with Crippen molar-refractivity contribution in [1.82, 2.24) is 29.5 Å². The molecule has 0 aliphatic rings. The standard InChI is InChI=1S/C37H22F2N6O2/c38-35-11-3-9-31(43-35)23-5-1-7-25(17-23)46-27-13-15-29-30-16-14-28(20-34(30)45(33(29)19-27)37-41-21-40-22-42-37)47-26-8-2-6-24(18-26)32-10-4-12-36(39)44-32/h1-22H. The quantitative estimate of drug-likeness (QED) is 0.164. The van der Waals surface area contributed by atoms with Gasteiger partial charge in [-0.1, -0.05) is 36.4 Å². The number of rotatable bonds is 7. The fourth-order valence-corrected chi connectivity index (χ4v) is 5.52. The van der Waals surface area contributed by atoms with Crippen LogP contribution in [0.15, 0.2) is 134 Å². The van der Waals surface area contributed by atoms with Crippen LogP contribution in [0.5, 0.6) is 23.0 Å². The number of halogens is 2. The zero-order chi connectivity index (χ0) is 31.7. The highest BCUT2D eigenvalue weighted by Gasteiger charge is 2.17. The van der Waals surface area contributed by atoms with Gasteiger partial charge in [0.05, 0.1) is 22.4 Å². The predicted molar refractivity (Wildman–Crippen MR) is 174 cm³/mol. The number of fused-ring (bicyclic) bond motifs is 3. The van der Waals surface area contributed by atoms with Crippen molar-refractivity contribution in [3.05, 3.63) is 146 Å². The van der Waals surface area contributed by atoms with Crippen LogP contribution in [0.2, 0.25) is 0 Å². The van der Waals surface area contributed by atoms with E-state index in [9.17, 15) is 8.78 Å². The Balaban J connectivity index is 1.18. The first kappa shape index (κ1) is 28.0. The SMILES string of the molecule is Fc1cccc(-c2cccc(Oc3ccc4c5ccc(Oc6cccc(-c7cccc(F)n7)c6)cc5n(-c5ncncn5)c4c3)c2)n1. The summed E-state index contributed by atoms with van der Waals surface area (Å²) in [7, 11) is 0. The van der Waals surface area contributed by atoms with Gasteiger partial charge in [-0.15, -0.1) is 0 Å². The van der Waals surface area contributed by atoms with Crippen molar-refractivity contribution in [2.75, 3.05) is 0 Å². The van der Waals surface area contributed by atoms with E-state index in [0.717, 1.165) is 32.9 Å². The largest absolute Gasteiger partial charge is 0.457 e. The Hall–Kier alpha value is -6.55. The molecule has 8 aromatic rings. The number of hydrogen-bond acceptors (Lipinski definition) is 7. The van der Waals surface area contributed by atoms with E-state index in [-0.39, 0.29) is 0 Å². The Morgan fingerprint density at radius 3 is 1.45 bits per heavy atom. The van der Waals surface area contributed by atoms with E-state index in [1.54, 1.807) is 24.3 Å². The predicted octanol–water partition coefficient (Wildman–Crippen LogP) is 8.96. The molecule has 0 amide bonds. The third-order valence-corrected chi connectivity index (χ3v) is 7.55. The minimum atomic E-state index is -0.548. The molecule has 0 atom stereocenters. The molecule has 47 heavy (non-hydrogen) atoms. The maximum Gasteiger partial charge on any atom is 0.237 e. The van der Waals surface area contributed by atoms with Crippen LogP contribution in [0.4, 0.5) is 8.78 Å². The van der Waals surface area contributed by atoms with Gasteiger partial charge in [0.2, 0.25) is 17.8 Å². The van der Waals surface area contributed by atoms with Gasteiger partial charge in [0.15, 0.2) is 0 Å². The highest BCUT2D eigenvalue weighted by atomic mass is 19.1. The molecule has 4 aromatic heterocycles. The van der Waals surface area contributed by atoms with E-state index in [1.165, 1.54) is 24.8 Å². The van der Waals surface area contributed by atoms with Crippen LogP contribution in [-0.2, 0) is 0 Å². The summed E-state index contributed by atoms with van der Waals surface area (Å²) in [6.45, 7) is 0. The van der Waals surface area contributed by atoms with Crippen LogP contribution in [0.3, 0.4) is 0 Å². The first-order valence-electron chi connectivity index (χ1n) is 14.6. The molecular weight excluding hydrogens is 598 g/mol. The third kappa shape index (κ3) is 5.59. The minimum absolute atomic E-state index is 0.424. The normalized spacial score (nSPS) is 11.2. The summed E-state index contributed by atoms with van der Waals surface area (Å²) in [6.07, 6.45) is 2.89. The Labute approximate surface area is 266 Å². The van der Waals surface area contributed by atoms with Crippen molar-refractivity contribution < 1.29 is 18.3 Å². The summed E-state index contributed by atoms with van der Waals surface area (Å²) >= 11 is 0. The Kier molecular flexibility index (Phi) is 6.99. The first-order valence-corrected chi connectivity index (χ1v) is 14.6. The van der Waals surface area contributed by atoms with Gasteiger partial charge in [0, 0.05) is 34.0 Å². The minimum Gasteiger partial charge on any atom is -0.457 e. The molecule has 0 unspecified atom stereocenters. The summed E-state index contributed by atoms with van der Waals surface area (Å²) in [5.41, 5.74) is 4.10. The average molecular weight is 621 g/mol. The number of benzene rings is 4. The van der Waals surface area contributed by atoms with Crippen molar-refractivity contribution in [1.29, 1.82) is 0 Å². The molecule has 4 heterocycles. The summed E-state index contributed by atoms with van der Waals surface area (Å²) in [5.74, 6) is 1.64. The highest BCUT2D eigenvalue weighted by Crippen LogP contribution is 2.37. The van der Waals surface area contributed by atoms with Crippen LogP contribution in [0.1, 0.15) is 0 Å². The van der Waals surface area contributed by atoms with Crippen LogP contribution in [0, 0.1) is 11.9 Å². The van der Waals surface area contributed by atoms with Gasteiger partial charge in [0.1, 0.15) is 35.7 Å². The molecule has 10 heteroatoms. The van der Waals surface area contributed by atoms with Gasteiger partial charge in [0.25, 0.3) is 0 Å². The summed E-state index contributed by atoms with van der Waals surface area (Å²) in [6, 6.07) is 35.6. The van der Waals surface area contributed by atoms with Crippen molar-refractivity contribution in [3.8, 4) is 51.5 Å². The number of ether oxygens (including phenoxy) is 2. The fraction of sp³-hybridized carbons (Fsp3) is 0. The molecule has 0 saturated carbocycles. The zero-order valence-corrected chi connectivity index (χ0v) is 24.5. The molecule has 0 aliphatic carbocycles. The monoisotopic (exact) mass is 620 g/mol. The van der Waals surface area contributed by atoms with E-state index < -0.39 is 11.9 Å². The molecule has 226 valence electrons. The van der Waals surface area contributed by atoms with Crippen LogP contribution in [-0.4, -0.2) is 29.5 Å². The van der Waals surface area contributed by atoms with Gasteiger partial charge in [-0.2, -0.15) is 8.78 Å². The highest BCUT2D eigenvalue weighted by molar-refractivity contribution is 6.09. The van der Waals surface area contributed by atoms with E-state index in [1.807, 2.05) is 89.5 Å².